The van der Waals surface area contributed by atoms with Crippen LogP contribution in [0.5, 0.6) is 0 Å². The molecule has 176 valence electrons. The smallest absolute Gasteiger partial charge is 0.232 e. The second-order valence-electron chi connectivity index (χ2n) is 8.96. The van der Waals surface area contributed by atoms with Crippen LogP contribution in [0.1, 0.15) is 36.8 Å². The number of anilines is 4. The van der Waals surface area contributed by atoms with Gasteiger partial charge in [-0.1, -0.05) is 36.4 Å². The Balaban J connectivity index is 1.18. The predicted octanol–water partition coefficient (Wildman–Crippen LogP) is 4.46. The first-order valence-electron chi connectivity index (χ1n) is 11.9. The van der Waals surface area contributed by atoms with Crippen LogP contribution >= 0.6 is 0 Å². The first kappa shape index (κ1) is 22.3. The molecule has 5 rings (SSSR count). The number of nitrogens with zero attached hydrogens (tertiary/aromatic N) is 4. The fraction of sp³-hybridized carbons (Fsp3) is 0.385. The van der Waals surface area contributed by atoms with Crippen molar-refractivity contribution in [2.24, 2.45) is 5.92 Å². The monoisotopic (exact) mass is 458 g/mol. The number of aromatic nitrogens is 3. The average Bonchev–Trinajstić information content (AvgIpc) is 3.72. The molecule has 8 heteroatoms. The fourth-order valence-electron chi connectivity index (χ4n) is 4.12. The van der Waals surface area contributed by atoms with E-state index in [-0.39, 0.29) is 17.9 Å². The molecule has 3 aromatic rings. The van der Waals surface area contributed by atoms with Gasteiger partial charge in [-0.05, 0) is 55.9 Å². The molecule has 0 radical (unpaired) electrons. The summed E-state index contributed by atoms with van der Waals surface area (Å²) >= 11 is 0. The van der Waals surface area contributed by atoms with Gasteiger partial charge >= 0.3 is 0 Å². The van der Waals surface area contributed by atoms with E-state index in [1.54, 1.807) is 0 Å². The quantitative estimate of drug-likeness (QED) is 0.515. The molecule has 2 N–H and O–H groups in total. The third-order valence-electron chi connectivity index (χ3n) is 6.40. The van der Waals surface area contributed by atoms with Crippen molar-refractivity contribution < 1.29 is 9.53 Å². The Morgan fingerprint density at radius 1 is 1.00 bits per heavy atom. The summed E-state index contributed by atoms with van der Waals surface area (Å²) in [6, 6.07) is 16.1. The largest absolute Gasteiger partial charge is 0.373 e. The van der Waals surface area contributed by atoms with Crippen molar-refractivity contribution in [1.82, 2.24) is 15.0 Å². The van der Waals surface area contributed by atoms with Crippen LogP contribution < -0.4 is 15.5 Å². The van der Waals surface area contributed by atoms with Crippen molar-refractivity contribution >= 4 is 29.2 Å². The summed E-state index contributed by atoms with van der Waals surface area (Å²) in [5.74, 6) is 1.41. The second-order valence-corrected chi connectivity index (χ2v) is 8.96. The fourth-order valence-corrected chi connectivity index (χ4v) is 4.12. The molecule has 0 unspecified atom stereocenters. The van der Waals surface area contributed by atoms with Crippen molar-refractivity contribution in [3.8, 4) is 0 Å². The summed E-state index contributed by atoms with van der Waals surface area (Å²) in [5, 5.41) is 6.33. The van der Waals surface area contributed by atoms with E-state index in [1.165, 1.54) is 11.9 Å². The van der Waals surface area contributed by atoms with Crippen molar-refractivity contribution in [3.63, 3.8) is 0 Å². The highest BCUT2D eigenvalue weighted by atomic mass is 16.5. The Labute approximate surface area is 199 Å². The molecule has 2 aliphatic rings. The maximum absolute atomic E-state index is 12.2. The van der Waals surface area contributed by atoms with Crippen LogP contribution in [0, 0.1) is 12.8 Å². The molecular weight excluding hydrogens is 428 g/mol. The number of hydrogen-bond donors (Lipinski definition) is 2. The number of carbonyl (C=O) groups is 1. The molecule has 1 aromatic heterocycles. The molecule has 34 heavy (non-hydrogen) atoms. The van der Waals surface area contributed by atoms with Crippen LogP contribution in [0.15, 0.2) is 54.9 Å². The Hall–Kier alpha value is -3.52. The molecule has 2 aromatic carbocycles. The minimum atomic E-state index is 0.0962. The Morgan fingerprint density at radius 2 is 1.76 bits per heavy atom. The molecule has 2 fully saturated rings. The van der Waals surface area contributed by atoms with Crippen LogP contribution in [0.25, 0.3) is 0 Å². The van der Waals surface area contributed by atoms with Crippen LogP contribution in [0.2, 0.25) is 0 Å². The van der Waals surface area contributed by atoms with Crippen molar-refractivity contribution in [1.29, 1.82) is 0 Å². The highest BCUT2D eigenvalue weighted by Crippen LogP contribution is 2.32. The molecule has 1 saturated heterocycles. The standard InChI is InChI=1S/C26H30N6O2/c1-18-22(29-24(33)20-10-11-20)8-5-9-23(18)30-25-27-17-28-26(31-25)32-14-12-21(13-15-32)34-16-19-6-3-2-4-7-19/h2-9,17,20-21H,10-16H2,1H3,(H,29,33)(H,27,28,30,31). The summed E-state index contributed by atoms with van der Waals surface area (Å²) in [7, 11) is 0. The van der Waals surface area contributed by atoms with Crippen molar-refractivity contribution in [2.45, 2.75) is 45.3 Å². The summed E-state index contributed by atoms with van der Waals surface area (Å²) < 4.78 is 6.10. The lowest BCUT2D eigenvalue weighted by Gasteiger charge is -2.32. The zero-order valence-electron chi connectivity index (χ0n) is 19.4. The minimum absolute atomic E-state index is 0.0962. The topological polar surface area (TPSA) is 92.3 Å². The van der Waals surface area contributed by atoms with E-state index in [2.05, 4.69) is 42.6 Å². The van der Waals surface area contributed by atoms with Gasteiger partial charge in [0.05, 0.1) is 12.7 Å². The van der Waals surface area contributed by atoms with Crippen LogP contribution in [-0.4, -0.2) is 40.1 Å². The van der Waals surface area contributed by atoms with E-state index in [0.29, 0.717) is 18.5 Å². The minimum Gasteiger partial charge on any atom is -0.373 e. The number of piperidine rings is 1. The van der Waals surface area contributed by atoms with Gasteiger partial charge < -0.3 is 20.3 Å². The van der Waals surface area contributed by atoms with E-state index >= 15 is 0 Å². The lowest BCUT2D eigenvalue weighted by atomic mass is 10.1. The number of benzene rings is 2. The van der Waals surface area contributed by atoms with Gasteiger partial charge in [-0.2, -0.15) is 4.98 Å². The molecule has 1 saturated carbocycles. The number of amides is 1. The zero-order valence-corrected chi connectivity index (χ0v) is 19.4. The van der Waals surface area contributed by atoms with E-state index in [1.807, 2.05) is 43.3 Å². The third kappa shape index (κ3) is 5.51. The summed E-state index contributed by atoms with van der Waals surface area (Å²) in [6.45, 7) is 4.30. The highest BCUT2D eigenvalue weighted by Gasteiger charge is 2.30. The van der Waals surface area contributed by atoms with Gasteiger partial charge in [0.2, 0.25) is 17.8 Å². The van der Waals surface area contributed by atoms with Crippen molar-refractivity contribution in [3.05, 3.63) is 66.0 Å². The summed E-state index contributed by atoms with van der Waals surface area (Å²) in [5.41, 5.74) is 3.83. The molecule has 2 heterocycles. The van der Waals surface area contributed by atoms with Gasteiger partial charge in [0.25, 0.3) is 0 Å². The second kappa shape index (κ2) is 10.2. The van der Waals surface area contributed by atoms with Crippen LogP contribution in [0.4, 0.5) is 23.3 Å². The normalized spacial score (nSPS) is 16.3. The highest BCUT2D eigenvalue weighted by molar-refractivity contribution is 5.95. The SMILES string of the molecule is Cc1c(NC(=O)C2CC2)cccc1Nc1ncnc(N2CCC(OCc3ccccc3)CC2)n1. The molecule has 1 amide bonds. The van der Waals surface area contributed by atoms with Gasteiger partial charge in [0, 0.05) is 30.4 Å². The third-order valence-corrected chi connectivity index (χ3v) is 6.40. The van der Waals surface area contributed by atoms with E-state index in [4.69, 9.17) is 4.74 Å². The van der Waals surface area contributed by atoms with E-state index in [0.717, 1.165) is 55.7 Å². The first-order valence-corrected chi connectivity index (χ1v) is 11.9. The number of rotatable bonds is 8. The van der Waals surface area contributed by atoms with Crippen LogP contribution in [-0.2, 0) is 16.1 Å². The molecule has 8 nitrogen and oxygen atoms in total. The predicted molar refractivity (Wildman–Crippen MR) is 132 cm³/mol. The number of carbonyl (C=O) groups excluding carboxylic acids is 1. The Bertz CT molecular complexity index is 1130. The zero-order chi connectivity index (χ0) is 23.3. The van der Waals surface area contributed by atoms with Gasteiger partial charge in [0.15, 0.2) is 0 Å². The molecule has 1 aliphatic carbocycles. The maximum Gasteiger partial charge on any atom is 0.232 e. The van der Waals surface area contributed by atoms with Crippen molar-refractivity contribution in [2.75, 3.05) is 28.6 Å². The van der Waals surface area contributed by atoms with E-state index in [9.17, 15) is 4.79 Å². The summed E-state index contributed by atoms with van der Waals surface area (Å²) in [6.07, 6.45) is 5.61. The molecule has 1 aliphatic heterocycles. The summed E-state index contributed by atoms with van der Waals surface area (Å²) in [4.78, 5) is 27.7. The number of ether oxygens (including phenoxy) is 1. The number of hydrogen-bond acceptors (Lipinski definition) is 7. The van der Waals surface area contributed by atoms with Gasteiger partial charge in [-0.3, -0.25) is 4.79 Å². The Kier molecular flexibility index (Phi) is 6.67. The average molecular weight is 459 g/mol. The molecule has 0 atom stereocenters. The van der Waals surface area contributed by atoms with Gasteiger partial charge in [-0.25, -0.2) is 9.97 Å². The van der Waals surface area contributed by atoms with Crippen LogP contribution in [0.3, 0.4) is 0 Å². The molecule has 0 spiro atoms. The molecule has 0 bridgehead atoms. The lowest BCUT2D eigenvalue weighted by molar-refractivity contribution is -0.117. The lowest BCUT2D eigenvalue weighted by Crippen LogP contribution is -2.38. The maximum atomic E-state index is 12.2. The van der Waals surface area contributed by atoms with Gasteiger partial charge in [0.1, 0.15) is 6.33 Å². The number of nitrogens with one attached hydrogen (secondary N) is 2. The van der Waals surface area contributed by atoms with E-state index < -0.39 is 0 Å². The first-order chi connectivity index (χ1) is 16.7. The van der Waals surface area contributed by atoms with Gasteiger partial charge in [-0.15, -0.1) is 0 Å². The molecular formula is C26H30N6O2. The Morgan fingerprint density at radius 3 is 2.53 bits per heavy atom.